The van der Waals surface area contributed by atoms with Crippen LogP contribution < -0.4 is 0 Å². The number of ketones is 1. The lowest BCUT2D eigenvalue weighted by molar-refractivity contribution is -0.329. The highest BCUT2D eigenvalue weighted by Crippen LogP contribution is 2.41. The Balaban J connectivity index is 2.16. The van der Waals surface area contributed by atoms with Crippen molar-refractivity contribution in [1.29, 1.82) is 0 Å². The summed E-state index contributed by atoms with van der Waals surface area (Å²) in [7, 11) is 4.92. The van der Waals surface area contributed by atoms with E-state index in [0.29, 0.717) is 12.6 Å². The van der Waals surface area contributed by atoms with Crippen LogP contribution in [-0.2, 0) is 52.3 Å². The topological polar surface area (TPSA) is 237 Å². The zero-order chi connectivity index (χ0) is 44.9. The molecule has 0 bridgehead atoms. The second kappa shape index (κ2) is 20.9. The number of Topliss-reactive ketones (excluding diaryl/α,β-unsaturated/α-hetero) is 1. The average molecular weight is 848 g/mol. The van der Waals surface area contributed by atoms with E-state index in [0.717, 1.165) is 0 Å². The lowest BCUT2D eigenvalue weighted by Gasteiger charge is -2.50. The number of likely N-dealkylation sites (N-methyl/N-ethyl adjacent to an activating group) is 1. The van der Waals surface area contributed by atoms with Crippen molar-refractivity contribution < 1.29 is 77.9 Å². The van der Waals surface area contributed by atoms with E-state index in [9.17, 15) is 44.7 Å². The Morgan fingerprint density at radius 2 is 1.47 bits per heavy atom. The number of cyclic esters (lactones) is 1. The molecule has 0 aliphatic carbocycles. The number of carbonyl (C=O) groups is 4. The minimum absolute atomic E-state index is 0.0266. The normalized spacial score (nSPS) is 45.8. The highest BCUT2D eigenvalue weighted by atomic mass is 16.7. The molecular weight excluding hydrogens is 774 g/mol. The minimum Gasteiger partial charge on any atom is -0.459 e. The lowest BCUT2D eigenvalue weighted by Crippen LogP contribution is -2.65. The SMILES string of the molecule is CC[C@H]1OC(=O)[C@H](C)[C@@H](O[C@H]2C[C@@](C)(OC)[C@@H](O)[C@H](C)O2)[C@H](C)[C@@H](O[C@@H]2O[C@H](C)[C@@H](OCCC(C=O)C=O)[C@H](N(C)C)[C@H]2O)[C@](C)(O)C[C@@H](C)C(=O)[C@H](C)[C@@H](O)[C@]1(C)O. The van der Waals surface area contributed by atoms with Crippen LogP contribution in [0.15, 0.2) is 0 Å². The number of rotatable bonds is 13. The van der Waals surface area contributed by atoms with Crippen LogP contribution in [0.2, 0.25) is 0 Å². The molecule has 3 aliphatic rings. The first-order chi connectivity index (χ1) is 27.3. The van der Waals surface area contributed by atoms with Crippen LogP contribution in [-0.4, -0.2) is 173 Å². The van der Waals surface area contributed by atoms with Crippen LogP contribution in [0.1, 0.15) is 94.9 Å². The molecule has 17 nitrogen and oxygen atoms in total. The van der Waals surface area contributed by atoms with Crippen LogP contribution in [0.5, 0.6) is 0 Å². The standard InChI is InChI=1S/C42H73NO16/c1-14-28-42(10,52)35(48)22(3)31(46)21(2)17-40(8,51)37(59-39-32(47)30(43(11)12)34(25(6)56-39)54-16-15-27(19-44)20-45)23(4)33(24(5)38(50)57-28)58-29-18-41(9,53-13)36(49)26(7)55-29/h19-30,32-37,39,47-49,51-52H,14-18H2,1-13H3/t21-,22+,23+,24-,25-,26+,28-,29+,30-,32-,33+,34-,35-,36+,37-,39+,40-,41-,42-/m1/s1. The minimum atomic E-state index is -2.04. The molecule has 5 N–H and O–H groups in total. The zero-order valence-corrected chi connectivity index (χ0v) is 37.2. The first-order valence-electron chi connectivity index (χ1n) is 20.9. The molecule has 19 atom stereocenters. The number of hydrogen-bond acceptors (Lipinski definition) is 17. The first kappa shape index (κ1) is 51.4. The van der Waals surface area contributed by atoms with Gasteiger partial charge in [0.15, 0.2) is 12.6 Å². The molecule has 0 aromatic carbocycles. The second-order valence-corrected chi connectivity index (χ2v) is 18.1. The van der Waals surface area contributed by atoms with Crippen molar-refractivity contribution in [2.45, 2.75) is 185 Å². The van der Waals surface area contributed by atoms with Gasteiger partial charge in [-0.3, -0.25) is 9.59 Å². The predicted octanol–water partition coefficient (Wildman–Crippen LogP) is 1.18. The summed E-state index contributed by atoms with van der Waals surface area (Å²) < 4.78 is 43.5. The van der Waals surface area contributed by atoms with Crippen molar-refractivity contribution in [3.8, 4) is 0 Å². The van der Waals surface area contributed by atoms with Crippen molar-refractivity contribution in [3.63, 3.8) is 0 Å². The molecule has 0 unspecified atom stereocenters. The molecule has 0 saturated carbocycles. The van der Waals surface area contributed by atoms with Crippen molar-refractivity contribution >= 4 is 24.3 Å². The molecule has 0 aromatic rings. The summed E-state index contributed by atoms with van der Waals surface area (Å²) >= 11 is 0. The van der Waals surface area contributed by atoms with Crippen molar-refractivity contribution in [1.82, 2.24) is 4.90 Å². The monoisotopic (exact) mass is 847 g/mol. The number of ether oxygens (including phenoxy) is 7. The number of esters is 1. The van der Waals surface area contributed by atoms with Gasteiger partial charge < -0.3 is 73.2 Å². The predicted molar refractivity (Wildman–Crippen MR) is 212 cm³/mol. The fourth-order valence-electron chi connectivity index (χ4n) is 9.21. The summed E-state index contributed by atoms with van der Waals surface area (Å²) in [6.45, 7) is 15.9. The Morgan fingerprint density at radius 1 is 0.864 bits per heavy atom. The molecule has 3 saturated heterocycles. The third-order valence-corrected chi connectivity index (χ3v) is 13.0. The van der Waals surface area contributed by atoms with E-state index in [1.165, 1.54) is 27.9 Å². The zero-order valence-electron chi connectivity index (χ0n) is 37.2. The fourth-order valence-corrected chi connectivity index (χ4v) is 9.21. The first-order valence-corrected chi connectivity index (χ1v) is 20.9. The van der Waals surface area contributed by atoms with Gasteiger partial charge in [-0.1, -0.05) is 27.7 Å². The van der Waals surface area contributed by atoms with Crippen molar-refractivity contribution in [3.05, 3.63) is 0 Å². The number of aliphatic hydroxyl groups excluding tert-OH is 3. The highest BCUT2D eigenvalue weighted by Gasteiger charge is 2.54. The molecule has 0 aromatic heterocycles. The third kappa shape index (κ3) is 11.5. The van der Waals surface area contributed by atoms with Gasteiger partial charge in [0.05, 0.1) is 59.6 Å². The summed E-state index contributed by atoms with van der Waals surface area (Å²) in [5.41, 5.74) is -5.06. The summed E-state index contributed by atoms with van der Waals surface area (Å²) in [6, 6.07) is -0.744. The fraction of sp³-hybridized carbons (Fsp3) is 0.905. The Labute approximate surface area is 349 Å². The largest absolute Gasteiger partial charge is 0.459 e. The van der Waals surface area contributed by atoms with Gasteiger partial charge in [-0.15, -0.1) is 0 Å². The van der Waals surface area contributed by atoms with E-state index in [1.54, 1.807) is 67.5 Å². The van der Waals surface area contributed by atoms with E-state index >= 15 is 0 Å². The van der Waals surface area contributed by atoms with Crippen LogP contribution in [0.3, 0.4) is 0 Å². The number of hydrogen-bond donors (Lipinski definition) is 5. The number of aldehydes is 2. The lowest BCUT2D eigenvalue weighted by atomic mass is 9.74. The highest BCUT2D eigenvalue weighted by molar-refractivity contribution is 5.83. The molecule has 17 heteroatoms. The number of aliphatic hydroxyl groups is 5. The van der Waals surface area contributed by atoms with Gasteiger partial charge in [-0.05, 0) is 74.9 Å². The molecule has 3 rings (SSSR count). The van der Waals surface area contributed by atoms with Gasteiger partial charge in [0.25, 0.3) is 0 Å². The number of nitrogens with zero attached hydrogens (tertiary/aromatic N) is 1. The van der Waals surface area contributed by atoms with E-state index < -0.39 is 132 Å². The maximum absolute atomic E-state index is 14.2. The Bertz CT molecular complexity index is 1390. The third-order valence-electron chi connectivity index (χ3n) is 13.0. The second-order valence-electron chi connectivity index (χ2n) is 18.1. The smallest absolute Gasteiger partial charge is 0.311 e. The number of carbonyl (C=O) groups excluding carboxylic acids is 4. The van der Waals surface area contributed by atoms with Gasteiger partial charge in [0.2, 0.25) is 0 Å². The van der Waals surface area contributed by atoms with Gasteiger partial charge in [-0.25, -0.2) is 0 Å². The van der Waals surface area contributed by atoms with E-state index in [-0.39, 0.29) is 32.3 Å². The summed E-state index contributed by atoms with van der Waals surface area (Å²) in [4.78, 5) is 52.4. The Hall–Kier alpha value is -2.00. The van der Waals surface area contributed by atoms with Gasteiger partial charge >= 0.3 is 5.97 Å². The molecule has 3 heterocycles. The van der Waals surface area contributed by atoms with E-state index in [1.807, 2.05) is 0 Å². The van der Waals surface area contributed by atoms with Crippen molar-refractivity contribution in [2.24, 2.45) is 29.6 Å². The molecule has 0 amide bonds. The van der Waals surface area contributed by atoms with Crippen LogP contribution in [0.4, 0.5) is 0 Å². The van der Waals surface area contributed by atoms with E-state index in [2.05, 4.69) is 0 Å². The summed E-state index contributed by atoms with van der Waals surface area (Å²) in [6.07, 6.45) is -11.4. The van der Waals surface area contributed by atoms with E-state index in [4.69, 9.17) is 33.2 Å². The summed E-state index contributed by atoms with van der Waals surface area (Å²) in [5.74, 6) is -6.26. The maximum Gasteiger partial charge on any atom is 0.311 e. The quantitative estimate of drug-likeness (QED) is 0.0994. The van der Waals surface area contributed by atoms with Crippen LogP contribution in [0.25, 0.3) is 0 Å². The van der Waals surface area contributed by atoms with Gasteiger partial charge in [0, 0.05) is 37.9 Å². The molecular formula is C42H73NO16. The summed E-state index contributed by atoms with van der Waals surface area (Å²) in [5, 5.41) is 58.5. The van der Waals surface area contributed by atoms with Crippen LogP contribution in [0, 0.1) is 29.6 Å². The number of methoxy groups -OCH3 is 1. The molecule has 342 valence electrons. The average Bonchev–Trinajstić information content (AvgIpc) is 3.17. The van der Waals surface area contributed by atoms with Gasteiger partial charge in [0.1, 0.15) is 48.4 Å². The molecule has 3 aliphatic heterocycles. The maximum atomic E-state index is 14.2. The molecule has 3 fully saturated rings. The van der Waals surface area contributed by atoms with Gasteiger partial charge in [-0.2, -0.15) is 0 Å². The molecule has 59 heavy (non-hydrogen) atoms. The van der Waals surface area contributed by atoms with Crippen LogP contribution >= 0.6 is 0 Å². The van der Waals surface area contributed by atoms with Crippen molar-refractivity contribution in [2.75, 3.05) is 27.8 Å². The molecule has 0 radical (unpaired) electrons. The Morgan fingerprint density at radius 3 is 2.02 bits per heavy atom. The Kier molecular flexibility index (Phi) is 18.2. The molecule has 0 spiro atoms.